The van der Waals surface area contributed by atoms with Crippen molar-refractivity contribution in [1.82, 2.24) is 14.6 Å². The van der Waals surface area contributed by atoms with E-state index in [9.17, 15) is 18.8 Å². The average Bonchev–Trinajstić information content (AvgIpc) is 3.40. The van der Waals surface area contributed by atoms with Crippen LogP contribution in [-0.2, 0) is 4.79 Å². The molecule has 0 saturated heterocycles. The number of halogens is 1. The van der Waals surface area contributed by atoms with Gasteiger partial charge >= 0.3 is 12.1 Å². The van der Waals surface area contributed by atoms with Crippen molar-refractivity contribution >= 4 is 40.6 Å². The lowest BCUT2D eigenvalue weighted by molar-refractivity contribution is -0.113. The van der Waals surface area contributed by atoms with Gasteiger partial charge in [-0.25, -0.2) is 19.0 Å². The second-order valence-electron chi connectivity index (χ2n) is 9.30. The molecule has 2 saturated carbocycles. The van der Waals surface area contributed by atoms with Crippen molar-refractivity contribution < 1.29 is 23.5 Å². The lowest BCUT2D eigenvalue weighted by atomic mass is 9.82. The molecule has 4 amide bonds. The summed E-state index contributed by atoms with van der Waals surface area (Å²) >= 11 is 0.781. The zero-order valence-corrected chi connectivity index (χ0v) is 20.4. The van der Waals surface area contributed by atoms with Crippen LogP contribution >= 0.6 is 11.9 Å². The number of ether oxygens (including phenoxy) is 1. The highest BCUT2D eigenvalue weighted by molar-refractivity contribution is 8.12. The van der Waals surface area contributed by atoms with Crippen LogP contribution in [0.1, 0.15) is 38.5 Å². The molecule has 35 heavy (non-hydrogen) atoms. The van der Waals surface area contributed by atoms with Crippen molar-refractivity contribution in [3.63, 3.8) is 0 Å². The van der Waals surface area contributed by atoms with E-state index in [4.69, 9.17) is 4.74 Å². The van der Waals surface area contributed by atoms with Crippen molar-refractivity contribution in [3.8, 4) is 11.5 Å². The molecule has 2 aliphatic rings. The molecule has 2 bridgehead atoms. The Kier molecular flexibility index (Phi) is 7.44. The van der Waals surface area contributed by atoms with Gasteiger partial charge in [-0.1, -0.05) is 0 Å². The van der Waals surface area contributed by atoms with Gasteiger partial charge in [-0.2, -0.15) is 0 Å². The Morgan fingerprint density at radius 1 is 1.17 bits per heavy atom. The van der Waals surface area contributed by atoms with Gasteiger partial charge in [0.05, 0.1) is 0 Å². The predicted octanol–water partition coefficient (Wildman–Crippen LogP) is 5.37. The molecule has 4 rings (SSSR count). The highest BCUT2D eigenvalue weighted by Gasteiger charge is 2.45. The third kappa shape index (κ3) is 6.41. The van der Waals surface area contributed by atoms with E-state index in [2.05, 4.69) is 20.3 Å². The summed E-state index contributed by atoms with van der Waals surface area (Å²) in [4.78, 5) is 41.7. The molecule has 2 aliphatic carbocycles. The topological polar surface area (TPSA) is 113 Å². The normalized spacial score (nSPS) is 20.3. The third-order valence-electron chi connectivity index (χ3n) is 6.45. The lowest BCUT2D eigenvalue weighted by Gasteiger charge is -2.25. The maximum atomic E-state index is 14.6. The Bertz CT molecular complexity index is 1120. The number of hydrogen-bond donors (Lipinski definition) is 3. The van der Waals surface area contributed by atoms with Gasteiger partial charge in [0.2, 0.25) is 5.12 Å². The minimum atomic E-state index is -0.696. The summed E-state index contributed by atoms with van der Waals surface area (Å²) in [6, 6.07) is 5.99. The quantitative estimate of drug-likeness (QED) is 0.459. The Morgan fingerprint density at radius 2 is 1.94 bits per heavy atom. The van der Waals surface area contributed by atoms with Crippen LogP contribution in [0.2, 0.25) is 0 Å². The summed E-state index contributed by atoms with van der Waals surface area (Å²) in [5, 5.41) is 5.04. The number of pyridine rings is 1. The Balaban J connectivity index is 1.27. The van der Waals surface area contributed by atoms with Gasteiger partial charge in [0.1, 0.15) is 11.6 Å². The first-order chi connectivity index (χ1) is 16.7. The number of aromatic nitrogens is 1. The molecular weight excluding hydrogens is 473 g/mol. The van der Waals surface area contributed by atoms with E-state index >= 15 is 0 Å². The van der Waals surface area contributed by atoms with Crippen LogP contribution in [0.5, 0.6) is 11.5 Å². The van der Waals surface area contributed by atoms with Gasteiger partial charge in [-0.3, -0.25) is 14.8 Å². The van der Waals surface area contributed by atoms with Crippen LogP contribution in [-0.4, -0.2) is 41.2 Å². The fourth-order valence-electron chi connectivity index (χ4n) is 4.71. The van der Waals surface area contributed by atoms with Crippen LogP contribution in [0, 0.1) is 17.2 Å². The smallest absolute Gasteiger partial charge is 0.329 e. The number of benzene rings is 1. The van der Waals surface area contributed by atoms with E-state index in [-0.39, 0.29) is 39.6 Å². The zero-order valence-electron chi connectivity index (χ0n) is 19.6. The summed E-state index contributed by atoms with van der Waals surface area (Å²) in [5.41, 5.74) is 0.335. The lowest BCUT2D eigenvalue weighted by Crippen LogP contribution is -2.27. The van der Waals surface area contributed by atoms with Crippen LogP contribution in [0.15, 0.2) is 36.5 Å². The molecule has 2 aromatic rings. The fraction of sp³-hybridized carbons (Fsp3) is 0.417. The Hall–Kier alpha value is -3.34. The highest BCUT2D eigenvalue weighted by atomic mass is 32.2. The molecule has 0 atom stereocenters. The molecule has 1 heterocycles. The number of fused-ring (bicyclic) bond motifs is 2. The summed E-state index contributed by atoms with van der Waals surface area (Å²) in [6.45, 7) is 0. The van der Waals surface area contributed by atoms with Crippen LogP contribution in [0.4, 0.5) is 25.5 Å². The van der Waals surface area contributed by atoms with Crippen molar-refractivity contribution in [1.29, 1.82) is 0 Å². The molecule has 1 aromatic heterocycles. The van der Waals surface area contributed by atoms with Crippen molar-refractivity contribution in [3.05, 3.63) is 42.3 Å². The fourth-order valence-corrected chi connectivity index (χ4v) is 5.35. The number of nitrogens with one attached hydrogen (secondary N) is 3. The number of hydrogen-bond acceptors (Lipinski definition) is 6. The monoisotopic (exact) mass is 501 g/mol. The number of nitrogens with zero attached hydrogens (tertiary/aromatic N) is 2. The molecule has 0 unspecified atom stereocenters. The molecular formula is C24H28FN5O4S. The number of urea groups is 2. The summed E-state index contributed by atoms with van der Waals surface area (Å²) in [7, 11) is 3.19. The second-order valence-corrected chi connectivity index (χ2v) is 10.2. The molecule has 0 radical (unpaired) electrons. The average molecular weight is 502 g/mol. The summed E-state index contributed by atoms with van der Waals surface area (Å²) in [5.74, 6) is 0.525. The number of rotatable bonds is 6. The van der Waals surface area contributed by atoms with E-state index in [1.165, 1.54) is 48.2 Å². The summed E-state index contributed by atoms with van der Waals surface area (Å²) < 4.78 is 22.6. The molecule has 11 heteroatoms. The predicted molar refractivity (Wildman–Crippen MR) is 132 cm³/mol. The van der Waals surface area contributed by atoms with E-state index in [1.807, 2.05) is 0 Å². The summed E-state index contributed by atoms with van der Waals surface area (Å²) in [6.07, 6.45) is 7.61. The molecule has 186 valence electrons. The third-order valence-corrected chi connectivity index (χ3v) is 7.11. The van der Waals surface area contributed by atoms with Crippen molar-refractivity contribution in [2.24, 2.45) is 11.3 Å². The van der Waals surface area contributed by atoms with Crippen molar-refractivity contribution in [2.75, 3.05) is 24.7 Å². The van der Waals surface area contributed by atoms with Crippen molar-refractivity contribution in [2.45, 2.75) is 38.5 Å². The molecule has 3 N–H and O–H groups in total. The Labute approximate surface area is 207 Å². The van der Waals surface area contributed by atoms with Gasteiger partial charge in [0.15, 0.2) is 11.6 Å². The van der Waals surface area contributed by atoms with Crippen LogP contribution < -0.4 is 20.1 Å². The minimum absolute atomic E-state index is 0.0591. The maximum absolute atomic E-state index is 14.6. The number of amides is 4. The first-order valence-electron chi connectivity index (χ1n) is 11.4. The zero-order chi connectivity index (χ0) is 25.0. The van der Waals surface area contributed by atoms with Gasteiger partial charge in [0, 0.05) is 56.5 Å². The second kappa shape index (κ2) is 10.5. The van der Waals surface area contributed by atoms with Crippen LogP contribution in [0.3, 0.4) is 0 Å². The van der Waals surface area contributed by atoms with Gasteiger partial charge < -0.3 is 15.0 Å². The van der Waals surface area contributed by atoms with Crippen LogP contribution in [0.25, 0.3) is 0 Å². The highest BCUT2D eigenvalue weighted by Crippen LogP contribution is 2.56. The number of carbonyl (C=O) groups excluding carboxylic acids is 3. The first kappa shape index (κ1) is 24.8. The van der Waals surface area contributed by atoms with E-state index in [1.54, 1.807) is 14.1 Å². The van der Waals surface area contributed by atoms with E-state index < -0.39 is 11.8 Å². The van der Waals surface area contributed by atoms with E-state index in [0.717, 1.165) is 43.2 Å². The number of carbonyl (C=O) groups is 3. The maximum Gasteiger partial charge on any atom is 0.329 e. The Morgan fingerprint density at radius 3 is 2.60 bits per heavy atom. The SMILES string of the molecule is CN(C)C(=O)Nc1cc(Oc2ccc(NC(=O)NSC(=O)CC34CCC(CC3)C4)cc2F)ccn1. The first-order valence-corrected chi connectivity index (χ1v) is 12.2. The van der Waals surface area contributed by atoms with Gasteiger partial charge in [0.25, 0.3) is 0 Å². The van der Waals surface area contributed by atoms with E-state index in [0.29, 0.717) is 6.42 Å². The largest absolute Gasteiger partial charge is 0.454 e. The van der Waals surface area contributed by atoms with Gasteiger partial charge in [-0.15, -0.1) is 0 Å². The molecule has 9 nitrogen and oxygen atoms in total. The molecule has 0 spiro atoms. The van der Waals surface area contributed by atoms with Gasteiger partial charge in [-0.05, 0) is 61.6 Å². The minimum Gasteiger partial charge on any atom is -0.454 e. The number of anilines is 2. The molecule has 1 aromatic carbocycles. The molecule has 0 aliphatic heterocycles. The molecule has 2 fully saturated rings. The standard InChI is InChI=1S/C24H28FN5O4S/c1-30(2)23(33)28-20-12-17(7-10-26-20)34-19-4-3-16(11-18(19)25)27-22(32)29-35-21(31)14-24-8-5-15(13-24)6-9-24/h3-4,7,10-12,15H,5-6,8-9,13-14H2,1-2H3,(H,26,28,33)(H2,27,29,32).